The predicted octanol–water partition coefficient (Wildman–Crippen LogP) is 2.75. The molecule has 1 aliphatic rings. The van der Waals surface area contributed by atoms with Crippen molar-refractivity contribution in [3.8, 4) is 17.3 Å². The molecule has 0 amide bonds. The highest BCUT2D eigenvalue weighted by Gasteiger charge is 2.23. The molecule has 130 valence electrons. The van der Waals surface area contributed by atoms with Gasteiger partial charge in [-0.25, -0.2) is 19.3 Å². The van der Waals surface area contributed by atoms with Crippen LogP contribution in [0.1, 0.15) is 20.3 Å². The zero-order valence-corrected chi connectivity index (χ0v) is 14.1. The summed E-state index contributed by atoms with van der Waals surface area (Å²) in [5.41, 5.74) is 2.18. The summed E-state index contributed by atoms with van der Waals surface area (Å²) in [6.45, 7) is 4.93. The zero-order chi connectivity index (χ0) is 17.4. The lowest BCUT2D eigenvalue weighted by Gasteiger charge is -2.16. The van der Waals surface area contributed by atoms with Gasteiger partial charge < -0.3 is 9.64 Å². The molecule has 3 aromatic heterocycles. The summed E-state index contributed by atoms with van der Waals surface area (Å²) < 4.78 is 19.1. The molecular weight excluding hydrogens is 323 g/mol. The molecule has 8 heteroatoms. The van der Waals surface area contributed by atoms with Crippen molar-refractivity contribution in [1.29, 1.82) is 0 Å². The molecule has 0 radical (unpaired) electrons. The van der Waals surface area contributed by atoms with Gasteiger partial charge in [0.1, 0.15) is 24.0 Å². The quantitative estimate of drug-likeness (QED) is 0.785. The first-order valence-electron chi connectivity index (χ1n) is 8.32. The van der Waals surface area contributed by atoms with Crippen molar-refractivity contribution in [2.24, 2.45) is 0 Å². The van der Waals surface area contributed by atoms with Gasteiger partial charge in [-0.3, -0.25) is 5.10 Å². The van der Waals surface area contributed by atoms with Crippen molar-refractivity contribution >= 4 is 16.7 Å². The van der Waals surface area contributed by atoms with Crippen LogP contribution >= 0.6 is 0 Å². The topological polar surface area (TPSA) is 79.8 Å². The highest BCUT2D eigenvalue weighted by atomic mass is 19.1. The van der Waals surface area contributed by atoms with Crippen molar-refractivity contribution in [3.63, 3.8) is 0 Å². The lowest BCUT2D eigenvalue weighted by Crippen LogP contribution is -2.21. The molecular formula is C17H19FN6O. The van der Waals surface area contributed by atoms with E-state index in [0.717, 1.165) is 10.9 Å². The van der Waals surface area contributed by atoms with E-state index in [1.165, 1.54) is 6.33 Å². The first kappa shape index (κ1) is 15.7. The average Bonchev–Trinajstić information content (AvgIpc) is 3.20. The Kier molecular flexibility index (Phi) is 3.95. The second kappa shape index (κ2) is 6.27. The number of pyridine rings is 1. The van der Waals surface area contributed by atoms with E-state index >= 15 is 0 Å². The smallest absolute Gasteiger partial charge is 0.214 e. The van der Waals surface area contributed by atoms with E-state index < -0.39 is 6.17 Å². The highest BCUT2D eigenvalue weighted by molar-refractivity contribution is 5.92. The number of nitrogens with zero attached hydrogens (tertiary/aromatic N) is 5. The normalized spacial score (nSPS) is 17.6. The Labute approximate surface area is 144 Å². The summed E-state index contributed by atoms with van der Waals surface area (Å²) >= 11 is 0. The number of hydrogen-bond donors (Lipinski definition) is 1. The number of hydrogen-bond acceptors (Lipinski definition) is 6. The second-order valence-electron chi connectivity index (χ2n) is 6.40. The summed E-state index contributed by atoms with van der Waals surface area (Å²) in [4.78, 5) is 14.8. The van der Waals surface area contributed by atoms with Crippen LogP contribution in [0.25, 0.3) is 22.3 Å². The molecule has 1 fully saturated rings. The molecule has 1 atom stereocenters. The number of alkyl halides is 1. The molecule has 3 aromatic rings. The molecule has 0 aliphatic carbocycles. The average molecular weight is 342 g/mol. The third-order valence-electron chi connectivity index (χ3n) is 4.13. The summed E-state index contributed by atoms with van der Waals surface area (Å²) in [5.74, 6) is 1.26. The fourth-order valence-corrected chi connectivity index (χ4v) is 2.97. The number of halogens is 1. The molecule has 1 aliphatic heterocycles. The molecule has 1 saturated heterocycles. The molecule has 7 nitrogen and oxygen atoms in total. The van der Waals surface area contributed by atoms with Crippen LogP contribution in [-0.2, 0) is 0 Å². The fourth-order valence-electron chi connectivity index (χ4n) is 2.97. The lowest BCUT2D eigenvalue weighted by atomic mass is 10.2. The molecule has 0 saturated carbocycles. The number of anilines is 1. The number of aromatic nitrogens is 5. The minimum absolute atomic E-state index is 0.0368. The molecule has 1 N–H and O–H groups in total. The van der Waals surface area contributed by atoms with E-state index in [1.54, 1.807) is 6.20 Å². The van der Waals surface area contributed by atoms with Crippen molar-refractivity contribution in [2.75, 3.05) is 18.0 Å². The van der Waals surface area contributed by atoms with Gasteiger partial charge in [0.15, 0.2) is 0 Å². The van der Waals surface area contributed by atoms with E-state index in [0.29, 0.717) is 42.6 Å². The van der Waals surface area contributed by atoms with Crippen LogP contribution in [-0.4, -0.2) is 50.5 Å². The van der Waals surface area contributed by atoms with Crippen molar-refractivity contribution < 1.29 is 9.13 Å². The van der Waals surface area contributed by atoms with Crippen LogP contribution in [0.5, 0.6) is 5.88 Å². The van der Waals surface area contributed by atoms with E-state index in [-0.39, 0.29) is 6.10 Å². The van der Waals surface area contributed by atoms with Crippen LogP contribution in [0, 0.1) is 0 Å². The van der Waals surface area contributed by atoms with E-state index in [9.17, 15) is 4.39 Å². The maximum atomic E-state index is 13.5. The molecule has 0 aromatic carbocycles. The van der Waals surface area contributed by atoms with Gasteiger partial charge >= 0.3 is 0 Å². The summed E-state index contributed by atoms with van der Waals surface area (Å²) in [6, 6.07) is 3.69. The number of H-pyrrole nitrogens is 1. The molecule has 0 spiro atoms. The van der Waals surface area contributed by atoms with Crippen LogP contribution in [0.2, 0.25) is 0 Å². The highest BCUT2D eigenvalue weighted by Crippen LogP contribution is 2.29. The van der Waals surface area contributed by atoms with Crippen LogP contribution in [0.4, 0.5) is 10.2 Å². The molecule has 0 unspecified atom stereocenters. The Morgan fingerprint density at radius 1 is 1.28 bits per heavy atom. The Balaban J connectivity index is 1.71. The summed E-state index contributed by atoms with van der Waals surface area (Å²) in [5, 5.41) is 8.20. The van der Waals surface area contributed by atoms with Crippen LogP contribution in [0.3, 0.4) is 0 Å². The minimum atomic E-state index is -0.800. The summed E-state index contributed by atoms with van der Waals surface area (Å²) in [6.07, 6.45) is 2.96. The van der Waals surface area contributed by atoms with E-state index in [4.69, 9.17) is 4.74 Å². The van der Waals surface area contributed by atoms with Gasteiger partial charge in [0.2, 0.25) is 5.88 Å². The molecule has 4 heterocycles. The van der Waals surface area contributed by atoms with Crippen LogP contribution < -0.4 is 9.64 Å². The van der Waals surface area contributed by atoms with Crippen molar-refractivity contribution in [3.05, 3.63) is 24.7 Å². The molecule has 0 bridgehead atoms. The first-order chi connectivity index (χ1) is 12.1. The Bertz CT molecular complexity index is 896. The third-order valence-corrected chi connectivity index (χ3v) is 4.13. The van der Waals surface area contributed by atoms with Gasteiger partial charge in [0.25, 0.3) is 0 Å². The third kappa shape index (κ3) is 3.11. The monoisotopic (exact) mass is 342 g/mol. The number of ether oxygens (including phenoxy) is 1. The first-order valence-corrected chi connectivity index (χ1v) is 8.32. The largest absolute Gasteiger partial charge is 0.475 e. The fraction of sp³-hybridized carbons (Fsp3) is 0.412. The minimum Gasteiger partial charge on any atom is -0.475 e. The zero-order valence-electron chi connectivity index (χ0n) is 14.1. The standard InChI is InChI=1S/C17H19FN6O/c1-10(2)25-16-5-12-14(7-19-16)22-23-17(12)13-6-15(21-9-20-13)24-4-3-11(18)8-24/h5-7,9-11H,3-4,8H2,1-2H3,(H,22,23)/t11-/m0/s1. The summed E-state index contributed by atoms with van der Waals surface area (Å²) in [7, 11) is 0. The van der Waals surface area contributed by atoms with Gasteiger partial charge in [-0.2, -0.15) is 5.10 Å². The molecule has 4 rings (SSSR count). The molecule has 25 heavy (non-hydrogen) atoms. The van der Waals surface area contributed by atoms with Gasteiger partial charge in [-0.05, 0) is 20.3 Å². The number of aromatic amines is 1. The van der Waals surface area contributed by atoms with Crippen molar-refractivity contribution in [1.82, 2.24) is 25.1 Å². The maximum absolute atomic E-state index is 13.5. The van der Waals surface area contributed by atoms with Gasteiger partial charge in [-0.15, -0.1) is 0 Å². The SMILES string of the molecule is CC(C)Oc1cc2c(-c3cc(N4CC[C@H](F)C4)ncn3)n[nH]c2cn1. The Morgan fingerprint density at radius 2 is 2.16 bits per heavy atom. The Morgan fingerprint density at radius 3 is 2.92 bits per heavy atom. The lowest BCUT2D eigenvalue weighted by molar-refractivity contribution is 0.233. The maximum Gasteiger partial charge on any atom is 0.214 e. The number of rotatable bonds is 4. The van der Waals surface area contributed by atoms with Gasteiger partial charge in [0, 0.05) is 24.1 Å². The van der Waals surface area contributed by atoms with E-state index in [1.807, 2.05) is 30.9 Å². The predicted molar refractivity (Wildman–Crippen MR) is 92.4 cm³/mol. The number of nitrogens with one attached hydrogen (secondary N) is 1. The second-order valence-corrected chi connectivity index (χ2v) is 6.40. The van der Waals surface area contributed by atoms with Gasteiger partial charge in [-0.1, -0.05) is 0 Å². The van der Waals surface area contributed by atoms with Crippen LogP contribution in [0.15, 0.2) is 24.7 Å². The van der Waals surface area contributed by atoms with Crippen molar-refractivity contribution in [2.45, 2.75) is 32.5 Å². The van der Waals surface area contributed by atoms with Gasteiger partial charge in [0.05, 0.1) is 30.1 Å². The van der Waals surface area contributed by atoms with E-state index in [2.05, 4.69) is 25.1 Å². The number of fused-ring (bicyclic) bond motifs is 1. The Hall–Kier alpha value is -2.77.